The lowest BCUT2D eigenvalue weighted by molar-refractivity contribution is 0.516. The highest BCUT2D eigenvalue weighted by Crippen LogP contribution is 2.24. The van der Waals surface area contributed by atoms with Gasteiger partial charge in [0, 0.05) is 49.3 Å². The van der Waals surface area contributed by atoms with Gasteiger partial charge in [-0.2, -0.15) is 0 Å². The monoisotopic (exact) mass is 337 g/mol. The fourth-order valence-electron chi connectivity index (χ4n) is 2.81. The maximum Gasteiger partial charge on any atom is 0.0407 e. The van der Waals surface area contributed by atoms with E-state index in [2.05, 4.69) is 39.5 Å². The first-order chi connectivity index (χ1) is 10.3. The summed E-state index contributed by atoms with van der Waals surface area (Å²) < 4.78 is 0. The Hall–Kier alpha value is -1.29. The van der Waals surface area contributed by atoms with Crippen LogP contribution in [0.25, 0.3) is 0 Å². The molecule has 0 spiro atoms. The summed E-state index contributed by atoms with van der Waals surface area (Å²) in [5.41, 5.74) is 2.56. The van der Waals surface area contributed by atoms with Gasteiger partial charge >= 0.3 is 0 Å². The Morgan fingerprint density at radius 1 is 1.14 bits per heavy atom. The highest BCUT2D eigenvalue weighted by atomic mass is 35.5. The minimum absolute atomic E-state index is 0. The molecular weight excluding hydrogens is 317 g/mol. The fraction of sp³-hybridized carbons (Fsp3) is 0.353. The molecule has 1 saturated heterocycles. The average Bonchev–Trinajstić information content (AvgIpc) is 2.98. The van der Waals surface area contributed by atoms with Gasteiger partial charge < -0.3 is 10.2 Å². The van der Waals surface area contributed by atoms with E-state index < -0.39 is 0 Å². The van der Waals surface area contributed by atoms with Crippen molar-refractivity contribution in [2.75, 3.05) is 24.5 Å². The molecule has 1 fully saturated rings. The van der Waals surface area contributed by atoms with Crippen molar-refractivity contribution in [3.8, 4) is 0 Å². The second-order valence-corrected chi connectivity index (χ2v) is 6.00. The number of nitrogens with one attached hydrogen (secondary N) is 1. The molecule has 1 atom stereocenters. The minimum Gasteiger partial charge on any atom is -0.371 e. The van der Waals surface area contributed by atoms with Crippen molar-refractivity contribution in [2.45, 2.75) is 13.0 Å². The van der Waals surface area contributed by atoms with Crippen LogP contribution in [0.3, 0.4) is 0 Å². The van der Waals surface area contributed by atoms with Crippen molar-refractivity contribution >= 4 is 29.7 Å². The van der Waals surface area contributed by atoms with Crippen LogP contribution in [0.15, 0.2) is 48.8 Å². The molecule has 1 N–H and O–H groups in total. The van der Waals surface area contributed by atoms with Crippen molar-refractivity contribution < 1.29 is 0 Å². The average molecular weight is 338 g/mol. The van der Waals surface area contributed by atoms with Crippen LogP contribution in [0.2, 0.25) is 5.02 Å². The SMILES string of the molecule is Cl.Clc1ccc(N2CCC(CNCc3ccncc3)C2)cc1. The lowest BCUT2D eigenvalue weighted by Crippen LogP contribution is -2.26. The number of benzene rings is 1. The molecule has 3 nitrogen and oxygen atoms in total. The Morgan fingerprint density at radius 2 is 1.86 bits per heavy atom. The molecule has 1 aliphatic heterocycles. The van der Waals surface area contributed by atoms with Crippen LogP contribution < -0.4 is 10.2 Å². The predicted molar refractivity (Wildman–Crippen MR) is 95.0 cm³/mol. The zero-order valence-corrected chi connectivity index (χ0v) is 14.0. The zero-order chi connectivity index (χ0) is 14.5. The number of rotatable bonds is 5. The second-order valence-electron chi connectivity index (χ2n) is 5.56. The van der Waals surface area contributed by atoms with E-state index in [1.54, 1.807) is 0 Å². The molecule has 1 aliphatic rings. The van der Waals surface area contributed by atoms with Crippen molar-refractivity contribution in [2.24, 2.45) is 5.92 Å². The second kappa shape index (κ2) is 8.37. The number of nitrogens with zero attached hydrogens (tertiary/aromatic N) is 2. The van der Waals surface area contributed by atoms with E-state index in [0.29, 0.717) is 5.92 Å². The summed E-state index contributed by atoms with van der Waals surface area (Å²) >= 11 is 5.94. The molecule has 0 radical (unpaired) electrons. The maximum atomic E-state index is 5.94. The van der Waals surface area contributed by atoms with E-state index in [1.807, 2.05) is 24.5 Å². The van der Waals surface area contributed by atoms with Gasteiger partial charge in [0.05, 0.1) is 0 Å². The van der Waals surface area contributed by atoms with Crippen LogP contribution in [-0.2, 0) is 6.54 Å². The van der Waals surface area contributed by atoms with Crippen molar-refractivity contribution in [3.05, 3.63) is 59.4 Å². The Morgan fingerprint density at radius 3 is 2.59 bits per heavy atom. The van der Waals surface area contributed by atoms with Gasteiger partial charge in [-0.25, -0.2) is 0 Å². The quantitative estimate of drug-likeness (QED) is 0.899. The van der Waals surface area contributed by atoms with Crippen LogP contribution >= 0.6 is 24.0 Å². The summed E-state index contributed by atoms with van der Waals surface area (Å²) in [4.78, 5) is 6.48. The number of aromatic nitrogens is 1. The van der Waals surface area contributed by atoms with Crippen molar-refractivity contribution in [1.82, 2.24) is 10.3 Å². The van der Waals surface area contributed by atoms with Gasteiger partial charge in [-0.3, -0.25) is 4.98 Å². The highest BCUT2D eigenvalue weighted by molar-refractivity contribution is 6.30. The van der Waals surface area contributed by atoms with E-state index in [0.717, 1.165) is 31.2 Å². The smallest absolute Gasteiger partial charge is 0.0407 e. The summed E-state index contributed by atoms with van der Waals surface area (Å²) in [5, 5.41) is 4.35. The highest BCUT2D eigenvalue weighted by Gasteiger charge is 2.22. The molecule has 1 aromatic carbocycles. The van der Waals surface area contributed by atoms with E-state index >= 15 is 0 Å². The van der Waals surface area contributed by atoms with Crippen LogP contribution in [0.1, 0.15) is 12.0 Å². The molecule has 5 heteroatoms. The zero-order valence-electron chi connectivity index (χ0n) is 12.4. The molecular formula is C17H21Cl2N3. The largest absolute Gasteiger partial charge is 0.371 e. The van der Waals surface area contributed by atoms with Gasteiger partial charge in [-0.05, 0) is 54.3 Å². The number of pyridine rings is 1. The molecule has 0 amide bonds. The number of hydrogen-bond acceptors (Lipinski definition) is 3. The molecule has 1 unspecified atom stereocenters. The number of halogens is 2. The van der Waals surface area contributed by atoms with Gasteiger partial charge in [0.1, 0.15) is 0 Å². The third-order valence-corrected chi connectivity index (χ3v) is 4.24. The summed E-state index contributed by atoms with van der Waals surface area (Å²) in [6.07, 6.45) is 4.93. The van der Waals surface area contributed by atoms with E-state index in [9.17, 15) is 0 Å². The van der Waals surface area contributed by atoms with E-state index in [-0.39, 0.29) is 12.4 Å². The van der Waals surface area contributed by atoms with Crippen molar-refractivity contribution in [1.29, 1.82) is 0 Å². The Labute approximate surface area is 143 Å². The molecule has 0 saturated carbocycles. The summed E-state index contributed by atoms with van der Waals surface area (Å²) in [6, 6.07) is 12.3. The van der Waals surface area contributed by atoms with Crippen LogP contribution in [0, 0.1) is 5.92 Å². The molecule has 2 heterocycles. The Balaban J connectivity index is 0.00000176. The summed E-state index contributed by atoms with van der Waals surface area (Å²) in [5.74, 6) is 0.711. The van der Waals surface area contributed by atoms with Gasteiger partial charge in [0.25, 0.3) is 0 Å². The molecule has 0 aliphatic carbocycles. The molecule has 1 aromatic heterocycles. The fourth-order valence-corrected chi connectivity index (χ4v) is 2.93. The first-order valence-electron chi connectivity index (χ1n) is 7.41. The Bertz CT molecular complexity index is 560. The predicted octanol–water partition coefficient (Wildman–Crippen LogP) is 3.77. The minimum atomic E-state index is 0. The van der Waals surface area contributed by atoms with Crippen molar-refractivity contribution in [3.63, 3.8) is 0 Å². The third-order valence-electron chi connectivity index (χ3n) is 3.99. The molecule has 2 aromatic rings. The molecule has 118 valence electrons. The van der Waals surface area contributed by atoms with E-state index in [4.69, 9.17) is 11.6 Å². The van der Waals surface area contributed by atoms with Crippen LogP contribution in [-0.4, -0.2) is 24.6 Å². The number of hydrogen-bond donors (Lipinski definition) is 1. The first-order valence-corrected chi connectivity index (χ1v) is 7.79. The van der Waals surface area contributed by atoms with E-state index in [1.165, 1.54) is 17.7 Å². The van der Waals surface area contributed by atoms with Crippen LogP contribution in [0.4, 0.5) is 5.69 Å². The van der Waals surface area contributed by atoms with Gasteiger partial charge in [0.2, 0.25) is 0 Å². The molecule has 0 bridgehead atoms. The van der Waals surface area contributed by atoms with Gasteiger partial charge in [-0.15, -0.1) is 12.4 Å². The first kappa shape index (κ1) is 17.1. The lowest BCUT2D eigenvalue weighted by Gasteiger charge is -2.19. The summed E-state index contributed by atoms with van der Waals surface area (Å²) in [6.45, 7) is 4.22. The summed E-state index contributed by atoms with van der Waals surface area (Å²) in [7, 11) is 0. The standard InChI is InChI=1S/C17H20ClN3.ClH/c18-16-1-3-17(4-2-16)21-10-7-15(13-21)12-20-11-14-5-8-19-9-6-14;/h1-6,8-9,15,20H,7,10-13H2;1H. The molecule has 3 rings (SSSR count). The number of anilines is 1. The third kappa shape index (κ3) is 4.60. The topological polar surface area (TPSA) is 28.2 Å². The maximum absolute atomic E-state index is 5.94. The molecule has 22 heavy (non-hydrogen) atoms. The van der Waals surface area contributed by atoms with Gasteiger partial charge in [-0.1, -0.05) is 11.6 Å². The normalized spacial score (nSPS) is 17.3. The lowest BCUT2D eigenvalue weighted by atomic mass is 10.1. The Kier molecular flexibility index (Phi) is 6.49. The van der Waals surface area contributed by atoms with Gasteiger partial charge in [0.15, 0.2) is 0 Å². The van der Waals surface area contributed by atoms with Crippen LogP contribution in [0.5, 0.6) is 0 Å².